The zero-order valence-corrected chi connectivity index (χ0v) is 14.6. The van der Waals surface area contributed by atoms with Crippen molar-refractivity contribution >= 4 is 17.2 Å². The van der Waals surface area contributed by atoms with Gasteiger partial charge in [-0.3, -0.25) is 9.69 Å². The van der Waals surface area contributed by atoms with Crippen LogP contribution in [0.5, 0.6) is 0 Å². The fourth-order valence-corrected chi connectivity index (χ4v) is 3.38. The van der Waals surface area contributed by atoms with Gasteiger partial charge in [0.1, 0.15) is 0 Å². The zero-order chi connectivity index (χ0) is 16.8. The molecule has 2 aromatic heterocycles. The van der Waals surface area contributed by atoms with Gasteiger partial charge in [-0.2, -0.15) is 0 Å². The van der Waals surface area contributed by atoms with E-state index in [0.717, 1.165) is 43.4 Å². The number of amides is 1. The lowest BCUT2D eigenvalue weighted by Gasteiger charge is -2.33. The molecule has 1 aliphatic rings. The molecule has 7 nitrogen and oxygen atoms in total. The molecule has 1 saturated heterocycles. The van der Waals surface area contributed by atoms with Gasteiger partial charge in [0.05, 0.1) is 18.8 Å². The summed E-state index contributed by atoms with van der Waals surface area (Å²) in [6, 6.07) is 1.78. The van der Waals surface area contributed by atoms with Crippen LogP contribution in [0.25, 0.3) is 10.8 Å². The normalized spacial score (nSPS) is 16.2. The van der Waals surface area contributed by atoms with Crippen LogP contribution < -0.4 is 5.32 Å². The lowest BCUT2D eigenvalue weighted by atomic mass is 10.3. The SMILES string of the molecule is CCN1CCN(CC(=O)NCc2csc(-c3ncccn3)n2)CC1. The van der Waals surface area contributed by atoms with Crippen LogP contribution in [-0.2, 0) is 11.3 Å². The molecule has 0 spiro atoms. The maximum Gasteiger partial charge on any atom is 0.234 e. The average Bonchev–Trinajstić information content (AvgIpc) is 3.10. The van der Waals surface area contributed by atoms with Crippen molar-refractivity contribution in [2.75, 3.05) is 39.3 Å². The molecule has 0 unspecified atom stereocenters. The van der Waals surface area contributed by atoms with Crippen molar-refractivity contribution in [2.24, 2.45) is 0 Å². The van der Waals surface area contributed by atoms with E-state index in [1.165, 1.54) is 11.3 Å². The number of nitrogens with one attached hydrogen (secondary N) is 1. The second-order valence-electron chi connectivity index (χ2n) is 5.70. The number of hydrogen-bond acceptors (Lipinski definition) is 7. The number of aromatic nitrogens is 3. The van der Waals surface area contributed by atoms with Crippen molar-refractivity contribution in [1.29, 1.82) is 0 Å². The van der Waals surface area contributed by atoms with E-state index >= 15 is 0 Å². The van der Waals surface area contributed by atoms with Gasteiger partial charge in [-0.05, 0) is 12.6 Å². The Bertz CT molecular complexity index is 654. The van der Waals surface area contributed by atoms with E-state index in [0.29, 0.717) is 18.9 Å². The molecule has 0 aliphatic carbocycles. The Kier molecular flexibility index (Phi) is 5.84. The molecule has 0 saturated carbocycles. The molecule has 1 aliphatic heterocycles. The third kappa shape index (κ3) is 4.56. The van der Waals surface area contributed by atoms with E-state index in [4.69, 9.17) is 0 Å². The van der Waals surface area contributed by atoms with E-state index in [2.05, 4.69) is 37.0 Å². The number of carbonyl (C=O) groups is 1. The van der Waals surface area contributed by atoms with Crippen molar-refractivity contribution in [3.05, 3.63) is 29.5 Å². The molecule has 1 amide bonds. The smallest absolute Gasteiger partial charge is 0.234 e. The van der Waals surface area contributed by atoms with Gasteiger partial charge in [0.15, 0.2) is 10.8 Å². The average molecular weight is 346 g/mol. The third-order valence-corrected chi connectivity index (χ3v) is 4.94. The molecule has 1 fully saturated rings. The Morgan fingerprint density at radius 2 is 1.92 bits per heavy atom. The Balaban J connectivity index is 1.44. The van der Waals surface area contributed by atoms with Gasteiger partial charge in [-0.25, -0.2) is 15.0 Å². The molecule has 128 valence electrons. The highest BCUT2D eigenvalue weighted by atomic mass is 32.1. The lowest BCUT2D eigenvalue weighted by molar-refractivity contribution is -0.122. The van der Waals surface area contributed by atoms with Gasteiger partial charge in [-0.1, -0.05) is 6.92 Å². The summed E-state index contributed by atoms with van der Waals surface area (Å²) in [5, 5.41) is 5.66. The molecular weight excluding hydrogens is 324 g/mol. The molecule has 3 heterocycles. The quantitative estimate of drug-likeness (QED) is 0.836. The van der Waals surface area contributed by atoms with Crippen LogP contribution in [0.4, 0.5) is 0 Å². The lowest BCUT2D eigenvalue weighted by Crippen LogP contribution is -2.49. The number of nitrogens with zero attached hydrogens (tertiary/aromatic N) is 5. The van der Waals surface area contributed by atoms with Gasteiger partial charge in [0, 0.05) is 44.0 Å². The zero-order valence-electron chi connectivity index (χ0n) is 13.8. The highest BCUT2D eigenvalue weighted by molar-refractivity contribution is 7.13. The highest BCUT2D eigenvalue weighted by Crippen LogP contribution is 2.19. The van der Waals surface area contributed by atoms with Crippen LogP contribution in [0.15, 0.2) is 23.8 Å². The van der Waals surface area contributed by atoms with Crippen LogP contribution in [0.1, 0.15) is 12.6 Å². The number of thiazole rings is 1. The second-order valence-corrected chi connectivity index (χ2v) is 6.56. The number of likely N-dealkylation sites (N-methyl/N-ethyl adjacent to an activating group) is 1. The Hall–Kier alpha value is -1.90. The number of carbonyl (C=O) groups excluding carboxylic acids is 1. The number of hydrogen-bond donors (Lipinski definition) is 1. The standard InChI is InChI=1S/C16H22N6OS/c1-2-21-6-8-22(9-7-21)11-14(23)19-10-13-12-24-16(20-13)15-17-4-3-5-18-15/h3-5,12H,2,6-11H2,1H3,(H,19,23). The summed E-state index contributed by atoms with van der Waals surface area (Å²) >= 11 is 1.49. The van der Waals surface area contributed by atoms with E-state index in [-0.39, 0.29) is 5.91 Å². The van der Waals surface area contributed by atoms with Gasteiger partial charge in [0.2, 0.25) is 5.91 Å². The molecule has 8 heteroatoms. The fraction of sp³-hybridized carbons (Fsp3) is 0.500. The highest BCUT2D eigenvalue weighted by Gasteiger charge is 2.17. The molecule has 24 heavy (non-hydrogen) atoms. The molecule has 0 bridgehead atoms. The van der Waals surface area contributed by atoms with Crippen LogP contribution in [0, 0.1) is 0 Å². The maximum atomic E-state index is 12.1. The molecule has 0 radical (unpaired) electrons. The molecule has 1 N–H and O–H groups in total. The van der Waals surface area contributed by atoms with Gasteiger partial charge < -0.3 is 10.2 Å². The van der Waals surface area contributed by atoms with Crippen molar-refractivity contribution in [3.8, 4) is 10.8 Å². The molecule has 2 aromatic rings. The summed E-state index contributed by atoms with van der Waals surface area (Å²) in [6.07, 6.45) is 3.40. The van der Waals surface area contributed by atoms with Crippen molar-refractivity contribution in [1.82, 2.24) is 30.1 Å². The Morgan fingerprint density at radius 1 is 1.21 bits per heavy atom. The maximum absolute atomic E-state index is 12.1. The second kappa shape index (κ2) is 8.27. The molecule has 0 aromatic carbocycles. The monoisotopic (exact) mass is 346 g/mol. The van der Waals surface area contributed by atoms with E-state index in [1.807, 2.05) is 5.38 Å². The largest absolute Gasteiger partial charge is 0.349 e. The van der Waals surface area contributed by atoms with Gasteiger partial charge >= 0.3 is 0 Å². The van der Waals surface area contributed by atoms with Crippen molar-refractivity contribution < 1.29 is 4.79 Å². The molecule has 0 atom stereocenters. The van der Waals surface area contributed by atoms with Crippen LogP contribution >= 0.6 is 11.3 Å². The van der Waals surface area contributed by atoms with Gasteiger partial charge in [0.25, 0.3) is 0 Å². The van der Waals surface area contributed by atoms with Crippen LogP contribution in [0.3, 0.4) is 0 Å². The van der Waals surface area contributed by atoms with Crippen LogP contribution in [0.2, 0.25) is 0 Å². The first-order valence-corrected chi connectivity index (χ1v) is 9.05. The predicted octanol–water partition coefficient (Wildman–Crippen LogP) is 0.854. The van der Waals surface area contributed by atoms with Crippen molar-refractivity contribution in [2.45, 2.75) is 13.5 Å². The number of piperazine rings is 1. The van der Waals surface area contributed by atoms with E-state index in [9.17, 15) is 4.79 Å². The summed E-state index contributed by atoms with van der Waals surface area (Å²) in [4.78, 5) is 29.5. The Labute approximate surface area is 145 Å². The minimum atomic E-state index is 0.0467. The predicted molar refractivity (Wildman–Crippen MR) is 93.5 cm³/mol. The first-order valence-electron chi connectivity index (χ1n) is 8.18. The fourth-order valence-electron chi connectivity index (χ4n) is 2.61. The summed E-state index contributed by atoms with van der Waals surface area (Å²) in [6.45, 7) is 8.13. The summed E-state index contributed by atoms with van der Waals surface area (Å²) in [5.74, 6) is 0.666. The minimum Gasteiger partial charge on any atom is -0.349 e. The third-order valence-electron chi connectivity index (χ3n) is 4.05. The first kappa shape index (κ1) is 16.9. The Morgan fingerprint density at radius 3 is 2.62 bits per heavy atom. The minimum absolute atomic E-state index is 0.0467. The van der Waals surface area contributed by atoms with E-state index in [1.54, 1.807) is 18.5 Å². The summed E-state index contributed by atoms with van der Waals surface area (Å²) in [5.41, 5.74) is 0.839. The van der Waals surface area contributed by atoms with Gasteiger partial charge in [-0.15, -0.1) is 11.3 Å². The first-order chi connectivity index (χ1) is 11.7. The molecular formula is C16H22N6OS. The summed E-state index contributed by atoms with van der Waals surface area (Å²) < 4.78 is 0. The topological polar surface area (TPSA) is 74.2 Å². The molecule has 3 rings (SSSR count). The van der Waals surface area contributed by atoms with E-state index < -0.39 is 0 Å². The van der Waals surface area contributed by atoms with Crippen LogP contribution in [-0.4, -0.2) is 69.9 Å². The van der Waals surface area contributed by atoms with Crippen molar-refractivity contribution in [3.63, 3.8) is 0 Å². The summed E-state index contributed by atoms with van der Waals surface area (Å²) in [7, 11) is 0. The number of rotatable bonds is 6.